The van der Waals surface area contributed by atoms with Gasteiger partial charge >= 0.3 is 0 Å². The third-order valence-electron chi connectivity index (χ3n) is 4.65. The highest BCUT2D eigenvalue weighted by molar-refractivity contribution is 7.89. The molecule has 2 heterocycles. The standard InChI is InChI=1S/C20H28N4O3S/c1-3-6-17-7-9-18(10-8-17)28(25,26)21-11-14-27-20-15-19(22-16(2)23-20)24-12-4-5-13-24/h7-10,15,21H,3-6,11-14H2,1-2H3. The van der Waals surface area contributed by atoms with Crippen molar-refractivity contribution < 1.29 is 13.2 Å². The number of benzene rings is 1. The summed E-state index contributed by atoms with van der Waals surface area (Å²) in [4.78, 5) is 11.2. The van der Waals surface area contributed by atoms with Gasteiger partial charge in [0.25, 0.3) is 0 Å². The molecule has 1 aliphatic rings. The van der Waals surface area contributed by atoms with Crippen molar-refractivity contribution in [1.82, 2.24) is 14.7 Å². The minimum Gasteiger partial charge on any atom is -0.476 e. The Kier molecular flexibility index (Phi) is 6.85. The molecule has 8 heteroatoms. The number of anilines is 1. The SMILES string of the molecule is CCCc1ccc(S(=O)(=O)NCCOc2cc(N3CCCC3)nc(C)n2)cc1. The summed E-state index contributed by atoms with van der Waals surface area (Å²) >= 11 is 0. The molecular formula is C20H28N4O3S. The predicted molar refractivity (Wildman–Crippen MR) is 109 cm³/mol. The fraction of sp³-hybridized carbons (Fsp3) is 0.500. The molecule has 2 aromatic rings. The van der Waals surface area contributed by atoms with Crippen molar-refractivity contribution in [2.75, 3.05) is 31.1 Å². The molecule has 1 aromatic heterocycles. The Morgan fingerprint density at radius 2 is 1.86 bits per heavy atom. The molecule has 1 N–H and O–H groups in total. The Balaban J connectivity index is 1.53. The largest absolute Gasteiger partial charge is 0.476 e. The van der Waals surface area contributed by atoms with Crippen LogP contribution in [0.3, 0.4) is 0 Å². The van der Waals surface area contributed by atoms with Gasteiger partial charge in [0.2, 0.25) is 15.9 Å². The lowest BCUT2D eigenvalue weighted by Crippen LogP contribution is -2.28. The summed E-state index contributed by atoms with van der Waals surface area (Å²) in [6.07, 6.45) is 4.31. The highest BCUT2D eigenvalue weighted by Gasteiger charge is 2.16. The second-order valence-electron chi connectivity index (χ2n) is 6.95. The number of rotatable bonds is 9. The maximum atomic E-state index is 12.4. The van der Waals surface area contributed by atoms with Crippen molar-refractivity contribution >= 4 is 15.8 Å². The summed E-state index contributed by atoms with van der Waals surface area (Å²) in [5.41, 5.74) is 1.14. The Bertz CT molecular complexity index is 879. The monoisotopic (exact) mass is 404 g/mol. The topological polar surface area (TPSA) is 84.4 Å². The van der Waals surface area contributed by atoms with Crippen molar-refractivity contribution in [2.24, 2.45) is 0 Å². The van der Waals surface area contributed by atoms with Gasteiger partial charge < -0.3 is 9.64 Å². The van der Waals surface area contributed by atoms with E-state index in [0.717, 1.165) is 37.3 Å². The first-order valence-electron chi connectivity index (χ1n) is 9.80. The summed E-state index contributed by atoms with van der Waals surface area (Å²) in [6.45, 7) is 6.28. The zero-order valence-corrected chi connectivity index (χ0v) is 17.3. The molecule has 0 amide bonds. The number of sulfonamides is 1. The van der Waals surface area contributed by atoms with Gasteiger partial charge in [0.15, 0.2) is 0 Å². The summed E-state index contributed by atoms with van der Waals surface area (Å²) in [5, 5.41) is 0. The van der Waals surface area contributed by atoms with Crippen LogP contribution in [0.4, 0.5) is 5.82 Å². The molecule has 1 fully saturated rings. The average molecular weight is 405 g/mol. The number of aromatic nitrogens is 2. The molecular weight excluding hydrogens is 376 g/mol. The Labute approximate surface area is 167 Å². The van der Waals surface area contributed by atoms with E-state index in [0.29, 0.717) is 11.7 Å². The van der Waals surface area contributed by atoms with Gasteiger partial charge in [0.05, 0.1) is 4.90 Å². The van der Waals surface area contributed by atoms with Crippen LogP contribution in [-0.2, 0) is 16.4 Å². The molecule has 0 radical (unpaired) electrons. The Morgan fingerprint density at radius 3 is 2.54 bits per heavy atom. The summed E-state index contributed by atoms with van der Waals surface area (Å²) in [6, 6.07) is 8.82. The van der Waals surface area contributed by atoms with Crippen LogP contribution in [0, 0.1) is 6.92 Å². The van der Waals surface area contributed by atoms with Crippen LogP contribution < -0.4 is 14.4 Å². The van der Waals surface area contributed by atoms with Crippen LogP contribution in [0.25, 0.3) is 0 Å². The maximum Gasteiger partial charge on any atom is 0.240 e. The van der Waals surface area contributed by atoms with Gasteiger partial charge in [-0.3, -0.25) is 0 Å². The van der Waals surface area contributed by atoms with Crippen LogP contribution in [0.2, 0.25) is 0 Å². The van der Waals surface area contributed by atoms with Gasteiger partial charge in [-0.15, -0.1) is 0 Å². The van der Waals surface area contributed by atoms with E-state index in [-0.39, 0.29) is 18.0 Å². The van der Waals surface area contributed by atoms with Gasteiger partial charge in [-0.05, 0) is 43.9 Å². The van der Waals surface area contributed by atoms with Crippen molar-refractivity contribution in [3.63, 3.8) is 0 Å². The van der Waals surface area contributed by atoms with Gasteiger partial charge in [-0.1, -0.05) is 25.5 Å². The molecule has 0 bridgehead atoms. The van der Waals surface area contributed by atoms with Crippen LogP contribution in [0.1, 0.15) is 37.6 Å². The van der Waals surface area contributed by atoms with E-state index in [9.17, 15) is 8.42 Å². The van der Waals surface area contributed by atoms with Gasteiger partial charge in [0.1, 0.15) is 18.2 Å². The van der Waals surface area contributed by atoms with E-state index in [1.807, 2.05) is 25.1 Å². The van der Waals surface area contributed by atoms with E-state index >= 15 is 0 Å². The van der Waals surface area contributed by atoms with E-state index in [1.165, 1.54) is 12.8 Å². The first kappa shape index (κ1) is 20.5. The summed E-state index contributed by atoms with van der Waals surface area (Å²) in [5.74, 6) is 1.98. The first-order valence-corrected chi connectivity index (χ1v) is 11.3. The van der Waals surface area contributed by atoms with Gasteiger partial charge in [-0.2, -0.15) is 4.98 Å². The Morgan fingerprint density at radius 1 is 1.14 bits per heavy atom. The molecule has 3 rings (SSSR count). The number of aryl methyl sites for hydroxylation is 2. The highest BCUT2D eigenvalue weighted by Crippen LogP contribution is 2.21. The fourth-order valence-corrected chi connectivity index (χ4v) is 4.26. The van der Waals surface area contributed by atoms with E-state index < -0.39 is 10.0 Å². The van der Waals surface area contributed by atoms with Crippen molar-refractivity contribution in [3.8, 4) is 5.88 Å². The van der Waals surface area contributed by atoms with Crippen LogP contribution in [-0.4, -0.2) is 44.6 Å². The molecule has 0 spiro atoms. The normalized spacial score (nSPS) is 14.4. The second-order valence-corrected chi connectivity index (χ2v) is 8.71. The van der Waals surface area contributed by atoms with Crippen molar-refractivity contribution in [3.05, 3.63) is 41.7 Å². The van der Waals surface area contributed by atoms with E-state index in [1.54, 1.807) is 12.1 Å². The van der Waals surface area contributed by atoms with Crippen LogP contribution in [0.15, 0.2) is 35.2 Å². The molecule has 0 aliphatic carbocycles. The minimum absolute atomic E-state index is 0.168. The fourth-order valence-electron chi connectivity index (χ4n) is 3.25. The summed E-state index contributed by atoms with van der Waals surface area (Å²) < 4.78 is 33.0. The Hall–Kier alpha value is -2.19. The number of nitrogens with zero attached hydrogens (tertiary/aromatic N) is 3. The van der Waals surface area contributed by atoms with Crippen LogP contribution in [0.5, 0.6) is 5.88 Å². The number of ether oxygens (including phenoxy) is 1. The smallest absolute Gasteiger partial charge is 0.240 e. The third-order valence-corrected chi connectivity index (χ3v) is 6.12. The molecule has 1 aromatic carbocycles. The predicted octanol–water partition coefficient (Wildman–Crippen LogP) is 2.70. The molecule has 152 valence electrons. The summed E-state index contributed by atoms with van der Waals surface area (Å²) in [7, 11) is -3.55. The molecule has 0 atom stereocenters. The average Bonchev–Trinajstić information content (AvgIpc) is 3.21. The van der Waals surface area contributed by atoms with Crippen molar-refractivity contribution in [2.45, 2.75) is 44.4 Å². The lowest BCUT2D eigenvalue weighted by atomic mass is 10.1. The number of hydrogen-bond donors (Lipinski definition) is 1. The van der Waals surface area contributed by atoms with Crippen molar-refractivity contribution in [1.29, 1.82) is 0 Å². The lowest BCUT2D eigenvalue weighted by Gasteiger charge is -2.17. The highest BCUT2D eigenvalue weighted by atomic mass is 32.2. The molecule has 1 aliphatic heterocycles. The molecule has 28 heavy (non-hydrogen) atoms. The quantitative estimate of drug-likeness (QED) is 0.647. The maximum absolute atomic E-state index is 12.4. The second kappa shape index (κ2) is 9.34. The van der Waals surface area contributed by atoms with Gasteiger partial charge in [0, 0.05) is 25.7 Å². The third kappa shape index (κ3) is 5.42. The van der Waals surface area contributed by atoms with Crippen LogP contribution >= 0.6 is 0 Å². The van der Waals surface area contributed by atoms with Gasteiger partial charge in [-0.25, -0.2) is 18.1 Å². The lowest BCUT2D eigenvalue weighted by molar-refractivity contribution is 0.309. The first-order chi connectivity index (χ1) is 13.5. The molecule has 0 saturated carbocycles. The number of nitrogens with one attached hydrogen (secondary N) is 1. The number of hydrogen-bond acceptors (Lipinski definition) is 6. The molecule has 7 nitrogen and oxygen atoms in total. The zero-order chi connectivity index (χ0) is 20.0. The zero-order valence-electron chi connectivity index (χ0n) is 16.5. The van der Waals surface area contributed by atoms with E-state index in [4.69, 9.17) is 4.74 Å². The van der Waals surface area contributed by atoms with E-state index in [2.05, 4.69) is 26.5 Å². The molecule has 1 saturated heterocycles. The minimum atomic E-state index is -3.55. The molecule has 0 unspecified atom stereocenters.